The van der Waals surface area contributed by atoms with Crippen molar-refractivity contribution in [3.63, 3.8) is 0 Å². The highest BCUT2D eigenvalue weighted by atomic mass is 16.2. The maximum atomic E-state index is 12.8. The lowest BCUT2D eigenvalue weighted by Crippen LogP contribution is -2.50. The summed E-state index contributed by atoms with van der Waals surface area (Å²) >= 11 is 0. The summed E-state index contributed by atoms with van der Waals surface area (Å²) in [6, 6.07) is 19.5. The van der Waals surface area contributed by atoms with Gasteiger partial charge in [-0.25, -0.2) is 15.2 Å². The zero-order valence-corrected chi connectivity index (χ0v) is 14.0. The summed E-state index contributed by atoms with van der Waals surface area (Å²) in [5.74, 6) is 0.580. The number of hydrazine groups is 1. The summed E-state index contributed by atoms with van der Waals surface area (Å²) in [6.45, 7) is 0. The molecule has 0 fully saturated rings. The number of carbonyl (C=O) groups excluding carboxylic acids is 1. The third-order valence-electron chi connectivity index (χ3n) is 4.49. The predicted molar refractivity (Wildman–Crippen MR) is 98.0 cm³/mol. The SMILES string of the molecule is O=C1NNC(c2ccccc2)c2nc3nc(-c4ccccc4)cc(=O)n3n21. The van der Waals surface area contributed by atoms with Crippen LogP contribution in [0.15, 0.2) is 71.5 Å². The lowest BCUT2D eigenvalue weighted by atomic mass is 10.1. The van der Waals surface area contributed by atoms with Crippen molar-refractivity contribution in [3.05, 3.63) is 88.5 Å². The Kier molecular flexibility index (Phi) is 3.37. The molecule has 0 bridgehead atoms. The highest BCUT2D eigenvalue weighted by Crippen LogP contribution is 2.23. The number of hydrogen-bond acceptors (Lipinski definition) is 5. The van der Waals surface area contributed by atoms with Crippen molar-refractivity contribution >= 4 is 11.8 Å². The quantitative estimate of drug-likeness (QED) is 0.569. The van der Waals surface area contributed by atoms with Gasteiger partial charge in [0.25, 0.3) is 11.3 Å². The molecular weight excluding hydrogens is 344 g/mol. The van der Waals surface area contributed by atoms with Crippen LogP contribution < -0.4 is 16.4 Å². The van der Waals surface area contributed by atoms with Crippen molar-refractivity contribution in [2.75, 3.05) is 0 Å². The minimum absolute atomic E-state index is 0.177. The molecule has 1 aliphatic heterocycles. The van der Waals surface area contributed by atoms with Gasteiger partial charge < -0.3 is 0 Å². The van der Waals surface area contributed by atoms with E-state index < -0.39 is 12.1 Å². The third-order valence-corrected chi connectivity index (χ3v) is 4.49. The average Bonchev–Trinajstić information content (AvgIpc) is 3.10. The molecule has 1 unspecified atom stereocenters. The summed E-state index contributed by atoms with van der Waals surface area (Å²) < 4.78 is 2.42. The number of amides is 1. The van der Waals surface area contributed by atoms with E-state index in [0.717, 1.165) is 11.1 Å². The molecule has 5 rings (SSSR count). The first-order valence-corrected chi connectivity index (χ1v) is 8.41. The van der Waals surface area contributed by atoms with Crippen LogP contribution >= 0.6 is 0 Å². The first-order chi connectivity index (χ1) is 13.2. The Hall–Kier alpha value is -3.78. The van der Waals surface area contributed by atoms with E-state index in [1.54, 1.807) is 0 Å². The largest absolute Gasteiger partial charge is 0.357 e. The molecule has 2 aromatic carbocycles. The molecule has 3 heterocycles. The molecule has 0 spiro atoms. The molecule has 1 aliphatic rings. The fourth-order valence-corrected chi connectivity index (χ4v) is 3.24. The second kappa shape index (κ2) is 5.89. The van der Waals surface area contributed by atoms with Crippen LogP contribution in [-0.2, 0) is 0 Å². The number of nitrogens with zero attached hydrogens (tertiary/aromatic N) is 4. The van der Waals surface area contributed by atoms with Crippen LogP contribution in [0.3, 0.4) is 0 Å². The van der Waals surface area contributed by atoms with Crippen LogP contribution in [0.2, 0.25) is 0 Å². The number of hydrogen-bond donors (Lipinski definition) is 2. The fraction of sp³-hybridized carbons (Fsp3) is 0.0526. The molecule has 0 saturated carbocycles. The van der Waals surface area contributed by atoms with E-state index in [4.69, 9.17) is 0 Å². The minimum atomic E-state index is -0.490. The molecular formula is C19H14N6O2. The van der Waals surface area contributed by atoms with Gasteiger partial charge in [0.2, 0.25) is 0 Å². The number of fused-ring (bicyclic) bond motifs is 3. The molecule has 27 heavy (non-hydrogen) atoms. The van der Waals surface area contributed by atoms with Crippen LogP contribution in [-0.4, -0.2) is 25.2 Å². The van der Waals surface area contributed by atoms with Crippen LogP contribution in [0, 0.1) is 0 Å². The molecule has 132 valence electrons. The van der Waals surface area contributed by atoms with Crippen LogP contribution in [0.4, 0.5) is 4.79 Å². The van der Waals surface area contributed by atoms with Crippen LogP contribution in [0.25, 0.3) is 17.0 Å². The molecule has 2 N–H and O–H groups in total. The number of benzene rings is 2. The predicted octanol–water partition coefficient (Wildman–Crippen LogP) is 1.72. The Morgan fingerprint density at radius 1 is 0.889 bits per heavy atom. The summed E-state index contributed by atoms with van der Waals surface area (Å²) in [5.41, 5.74) is 7.39. The first-order valence-electron chi connectivity index (χ1n) is 8.41. The number of aromatic nitrogens is 4. The average molecular weight is 358 g/mol. The van der Waals surface area contributed by atoms with Gasteiger partial charge in [-0.15, -0.1) is 0 Å². The van der Waals surface area contributed by atoms with Gasteiger partial charge in [-0.2, -0.15) is 14.2 Å². The van der Waals surface area contributed by atoms with Crippen molar-refractivity contribution < 1.29 is 4.79 Å². The molecule has 1 atom stereocenters. The number of carbonyl (C=O) groups is 1. The van der Waals surface area contributed by atoms with Gasteiger partial charge >= 0.3 is 6.03 Å². The van der Waals surface area contributed by atoms with Crippen LogP contribution in [0.5, 0.6) is 0 Å². The van der Waals surface area contributed by atoms with Gasteiger partial charge in [0, 0.05) is 11.6 Å². The molecule has 8 nitrogen and oxygen atoms in total. The standard InChI is InChI=1S/C19H14N6O2/c26-15-11-14(12-7-3-1-4-8-12)20-18-21-17-16(13-9-5-2-6-10-13)22-23-19(27)25(17)24(15)18/h1-11,16,22H,(H,23,27). The minimum Gasteiger partial charge on any atom is -0.270 e. The van der Waals surface area contributed by atoms with Crippen molar-refractivity contribution in [1.82, 2.24) is 30.0 Å². The number of rotatable bonds is 2. The second-order valence-electron chi connectivity index (χ2n) is 6.16. The molecule has 0 saturated heterocycles. The normalized spacial score (nSPS) is 16.1. The Bertz CT molecular complexity index is 1210. The van der Waals surface area contributed by atoms with Gasteiger partial charge in [-0.3, -0.25) is 10.2 Å². The molecule has 8 heteroatoms. The Morgan fingerprint density at radius 3 is 2.33 bits per heavy atom. The summed E-state index contributed by atoms with van der Waals surface area (Å²) in [4.78, 5) is 34.2. The van der Waals surface area contributed by atoms with Gasteiger partial charge in [-0.05, 0) is 5.56 Å². The van der Waals surface area contributed by atoms with E-state index in [9.17, 15) is 9.59 Å². The van der Waals surface area contributed by atoms with E-state index in [1.165, 1.54) is 15.3 Å². The number of nitrogens with one attached hydrogen (secondary N) is 2. The van der Waals surface area contributed by atoms with Crippen molar-refractivity contribution in [1.29, 1.82) is 0 Å². The van der Waals surface area contributed by atoms with Crippen molar-refractivity contribution in [2.45, 2.75) is 6.04 Å². The van der Waals surface area contributed by atoms with Crippen molar-refractivity contribution in [3.8, 4) is 11.3 Å². The summed E-state index contributed by atoms with van der Waals surface area (Å²) in [5, 5.41) is 0. The maximum absolute atomic E-state index is 12.8. The molecule has 0 aliphatic carbocycles. The maximum Gasteiger partial charge on any atom is 0.357 e. The van der Waals surface area contributed by atoms with Gasteiger partial charge in [-0.1, -0.05) is 60.7 Å². The second-order valence-corrected chi connectivity index (χ2v) is 6.16. The highest BCUT2D eigenvalue weighted by Gasteiger charge is 2.31. The smallest absolute Gasteiger partial charge is 0.270 e. The molecule has 1 amide bonds. The zero-order chi connectivity index (χ0) is 18.4. The fourth-order valence-electron chi connectivity index (χ4n) is 3.24. The topological polar surface area (TPSA) is 93.3 Å². The van der Waals surface area contributed by atoms with E-state index in [0.29, 0.717) is 11.5 Å². The van der Waals surface area contributed by atoms with Gasteiger partial charge in [0.05, 0.1) is 5.69 Å². The first kappa shape index (κ1) is 15.5. The molecule has 2 aromatic heterocycles. The Balaban J connectivity index is 1.75. The lowest BCUT2D eigenvalue weighted by Gasteiger charge is -2.24. The van der Waals surface area contributed by atoms with Gasteiger partial charge in [0.1, 0.15) is 6.04 Å². The monoisotopic (exact) mass is 358 g/mol. The van der Waals surface area contributed by atoms with E-state index in [2.05, 4.69) is 20.8 Å². The Morgan fingerprint density at radius 2 is 1.59 bits per heavy atom. The van der Waals surface area contributed by atoms with Gasteiger partial charge in [0.15, 0.2) is 5.82 Å². The highest BCUT2D eigenvalue weighted by molar-refractivity contribution is 5.78. The van der Waals surface area contributed by atoms with E-state index in [-0.39, 0.29) is 11.3 Å². The van der Waals surface area contributed by atoms with Crippen molar-refractivity contribution in [2.24, 2.45) is 0 Å². The molecule has 4 aromatic rings. The summed E-state index contributed by atoms with van der Waals surface area (Å²) in [6.07, 6.45) is 0. The third kappa shape index (κ3) is 2.42. The van der Waals surface area contributed by atoms with E-state index >= 15 is 0 Å². The zero-order valence-electron chi connectivity index (χ0n) is 14.0. The molecule has 0 radical (unpaired) electrons. The Labute approximate surface area is 153 Å². The van der Waals surface area contributed by atoms with E-state index in [1.807, 2.05) is 60.7 Å². The lowest BCUT2D eigenvalue weighted by molar-refractivity contribution is 0.223. The van der Waals surface area contributed by atoms with Crippen LogP contribution in [0.1, 0.15) is 17.4 Å². The summed E-state index contributed by atoms with van der Waals surface area (Å²) in [7, 11) is 0.